The van der Waals surface area contributed by atoms with Crippen molar-refractivity contribution in [3.05, 3.63) is 88.3 Å². The molecule has 2 aromatic rings. The lowest BCUT2D eigenvalue weighted by atomic mass is 9.82. The molecule has 2 atom stereocenters. The minimum Gasteiger partial charge on any atom is -0.494 e. The molecular formula is C28H36N6O4. The van der Waals surface area contributed by atoms with Crippen molar-refractivity contribution in [2.45, 2.75) is 37.5 Å². The summed E-state index contributed by atoms with van der Waals surface area (Å²) in [6.07, 6.45) is 2.50. The van der Waals surface area contributed by atoms with E-state index in [0.717, 1.165) is 24.1 Å². The van der Waals surface area contributed by atoms with E-state index in [1.54, 1.807) is 18.2 Å². The van der Waals surface area contributed by atoms with Gasteiger partial charge >= 0.3 is 0 Å². The van der Waals surface area contributed by atoms with E-state index in [2.05, 4.69) is 26.8 Å². The molecule has 10 heteroatoms. The highest BCUT2D eigenvalue weighted by molar-refractivity contribution is 6.01. The number of amides is 1. The molecule has 0 saturated carbocycles. The molecule has 1 heterocycles. The van der Waals surface area contributed by atoms with Crippen LogP contribution in [0.15, 0.2) is 71.3 Å². The molecule has 0 unspecified atom stereocenters. The summed E-state index contributed by atoms with van der Waals surface area (Å²) in [5.74, 6) is 0.743. The lowest BCUT2D eigenvalue weighted by Crippen LogP contribution is -2.48. The minimum absolute atomic E-state index is 0.0634. The van der Waals surface area contributed by atoms with E-state index in [4.69, 9.17) is 25.1 Å². The molecule has 0 aliphatic carbocycles. The van der Waals surface area contributed by atoms with E-state index in [1.807, 2.05) is 50.5 Å². The van der Waals surface area contributed by atoms with E-state index in [1.165, 1.54) is 0 Å². The van der Waals surface area contributed by atoms with Crippen LogP contribution in [0.5, 0.6) is 5.75 Å². The molecule has 0 spiro atoms. The number of hydrogen-bond acceptors (Lipinski definition) is 7. The fourth-order valence-corrected chi connectivity index (χ4v) is 4.30. The number of ether oxygens (including phenoxy) is 2. The summed E-state index contributed by atoms with van der Waals surface area (Å²) in [6, 6.07) is 14.7. The maximum absolute atomic E-state index is 13.8. The standard InChI is InChI=1S/C28H36N6O4/c1-4-15-28(27(36)30-16-7-17-34(2)3)25(24-10-6-5-9-22(24)20-31-33-29)38-26(32-28)21-11-13-23(14-12-21)37-19-8-18-35/h4-6,9-14,25,35H,1,7-8,15-20H2,2-3H3,(H,30,36)/t25-,28-/m1/s1. The number of carbonyl (C=O) groups is 1. The van der Waals surface area contributed by atoms with E-state index in [-0.39, 0.29) is 25.5 Å². The molecule has 0 radical (unpaired) electrons. The Hall–Kier alpha value is -3.85. The Morgan fingerprint density at radius 3 is 2.74 bits per heavy atom. The molecule has 38 heavy (non-hydrogen) atoms. The number of aliphatic imine (C=N–C) groups is 1. The van der Waals surface area contributed by atoms with Crippen molar-refractivity contribution in [2.24, 2.45) is 10.1 Å². The number of nitrogens with zero attached hydrogens (tertiary/aromatic N) is 5. The number of azide groups is 1. The fourth-order valence-electron chi connectivity index (χ4n) is 4.30. The monoisotopic (exact) mass is 520 g/mol. The zero-order chi connectivity index (χ0) is 27.4. The van der Waals surface area contributed by atoms with Gasteiger partial charge in [-0.2, -0.15) is 0 Å². The minimum atomic E-state index is -1.29. The summed E-state index contributed by atoms with van der Waals surface area (Å²) >= 11 is 0. The average molecular weight is 521 g/mol. The van der Waals surface area contributed by atoms with Crippen molar-refractivity contribution >= 4 is 11.8 Å². The average Bonchev–Trinajstić information content (AvgIpc) is 3.31. The Morgan fingerprint density at radius 2 is 2.05 bits per heavy atom. The summed E-state index contributed by atoms with van der Waals surface area (Å²) in [6.45, 7) is 5.83. The molecule has 3 rings (SSSR count). The van der Waals surface area contributed by atoms with Gasteiger partial charge in [0.25, 0.3) is 5.91 Å². The van der Waals surface area contributed by atoms with Crippen LogP contribution in [-0.2, 0) is 16.1 Å². The molecule has 1 aliphatic heterocycles. The van der Waals surface area contributed by atoms with Crippen molar-refractivity contribution in [2.75, 3.05) is 40.4 Å². The van der Waals surface area contributed by atoms with Crippen molar-refractivity contribution in [1.29, 1.82) is 0 Å². The first-order valence-corrected chi connectivity index (χ1v) is 12.7. The first kappa shape index (κ1) is 28.7. The second kappa shape index (κ2) is 14.2. The maximum Gasteiger partial charge on any atom is 0.252 e. The Labute approximate surface area is 223 Å². The number of aliphatic hydroxyl groups is 1. The van der Waals surface area contributed by atoms with Gasteiger partial charge in [-0.25, -0.2) is 4.99 Å². The second-order valence-corrected chi connectivity index (χ2v) is 9.28. The predicted octanol–water partition coefficient (Wildman–Crippen LogP) is 4.16. The molecule has 0 aromatic heterocycles. The zero-order valence-corrected chi connectivity index (χ0v) is 22.0. The number of nitrogens with one attached hydrogen (secondary N) is 1. The lowest BCUT2D eigenvalue weighted by Gasteiger charge is -2.30. The van der Waals surface area contributed by atoms with Crippen molar-refractivity contribution in [3.63, 3.8) is 0 Å². The van der Waals surface area contributed by atoms with Gasteiger partial charge < -0.3 is 24.8 Å². The molecular weight excluding hydrogens is 484 g/mol. The molecule has 2 aromatic carbocycles. The number of hydrogen-bond donors (Lipinski definition) is 2. The predicted molar refractivity (Wildman–Crippen MR) is 147 cm³/mol. The van der Waals surface area contributed by atoms with Gasteiger partial charge in [-0.15, -0.1) is 6.58 Å². The third kappa shape index (κ3) is 7.13. The number of rotatable bonds is 15. The van der Waals surface area contributed by atoms with Crippen LogP contribution >= 0.6 is 0 Å². The van der Waals surface area contributed by atoms with Gasteiger partial charge in [0, 0.05) is 36.5 Å². The Kier molecular flexibility index (Phi) is 10.7. The van der Waals surface area contributed by atoms with Crippen molar-refractivity contribution in [3.8, 4) is 5.75 Å². The third-order valence-corrected chi connectivity index (χ3v) is 6.19. The van der Waals surface area contributed by atoms with Crippen LogP contribution in [0.1, 0.15) is 42.1 Å². The molecule has 1 aliphatic rings. The van der Waals surface area contributed by atoms with E-state index in [0.29, 0.717) is 36.8 Å². The molecule has 2 N–H and O–H groups in total. The Balaban J connectivity index is 1.99. The molecule has 10 nitrogen and oxygen atoms in total. The fraction of sp³-hybridized carbons (Fsp3) is 0.429. The first-order valence-electron chi connectivity index (χ1n) is 12.7. The highest BCUT2D eigenvalue weighted by Gasteiger charge is 2.52. The maximum atomic E-state index is 13.8. The quantitative estimate of drug-likeness (QED) is 0.120. The molecule has 0 saturated heterocycles. The van der Waals surface area contributed by atoms with Crippen molar-refractivity contribution in [1.82, 2.24) is 10.2 Å². The third-order valence-electron chi connectivity index (χ3n) is 6.19. The smallest absolute Gasteiger partial charge is 0.252 e. The van der Waals surface area contributed by atoms with Crippen LogP contribution in [0.4, 0.5) is 0 Å². The van der Waals surface area contributed by atoms with Gasteiger partial charge in [0.15, 0.2) is 11.6 Å². The van der Waals surface area contributed by atoms with Crippen LogP contribution < -0.4 is 10.1 Å². The first-order chi connectivity index (χ1) is 18.4. The van der Waals surface area contributed by atoms with Crippen LogP contribution in [0.2, 0.25) is 0 Å². The van der Waals surface area contributed by atoms with Gasteiger partial charge in [0.1, 0.15) is 5.75 Å². The van der Waals surface area contributed by atoms with Crippen LogP contribution in [-0.4, -0.2) is 67.7 Å². The van der Waals surface area contributed by atoms with Crippen LogP contribution in [0.3, 0.4) is 0 Å². The molecule has 0 bridgehead atoms. The van der Waals surface area contributed by atoms with E-state index in [9.17, 15) is 4.79 Å². The normalized spacial score (nSPS) is 18.3. The highest BCUT2D eigenvalue weighted by Crippen LogP contribution is 2.44. The number of benzene rings is 2. The summed E-state index contributed by atoms with van der Waals surface area (Å²) in [7, 11) is 3.98. The Bertz CT molecular complexity index is 1160. The van der Waals surface area contributed by atoms with Gasteiger partial charge in [-0.05, 0) is 68.0 Å². The Morgan fingerprint density at radius 1 is 1.29 bits per heavy atom. The highest BCUT2D eigenvalue weighted by atomic mass is 16.5. The topological polar surface area (TPSA) is 132 Å². The molecule has 1 amide bonds. The largest absolute Gasteiger partial charge is 0.494 e. The van der Waals surface area contributed by atoms with Gasteiger partial charge in [0.05, 0.1) is 13.2 Å². The SMILES string of the molecule is C=CC[C@@]1(C(=O)NCCCN(C)C)N=C(c2ccc(OCCCO)cc2)O[C@@H]1c1ccccc1CN=[N+]=[N-]. The second-order valence-electron chi connectivity index (χ2n) is 9.28. The summed E-state index contributed by atoms with van der Waals surface area (Å²) in [5.41, 5.74) is 9.79. The van der Waals surface area contributed by atoms with Crippen LogP contribution in [0.25, 0.3) is 10.4 Å². The van der Waals surface area contributed by atoms with Crippen molar-refractivity contribution < 1.29 is 19.4 Å². The molecule has 202 valence electrons. The summed E-state index contributed by atoms with van der Waals surface area (Å²) in [4.78, 5) is 23.7. The summed E-state index contributed by atoms with van der Waals surface area (Å²) in [5, 5.41) is 15.8. The van der Waals surface area contributed by atoms with Gasteiger partial charge in [0.2, 0.25) is 5.90 Å². The van der Waals surface area contributed by atoms with Crippen LogP contribution in [0, 0.1) is 0 Å². The number of carbonyl (C=O) groups excluding carboxylic acids is 1. The summed E-state index contributed by atoms with van der Waals surface area (Å²) < 4.78 is 12.1. The zero-order valence-electron chi connectivity index (χ0n) is 22.0. The van der Waals surface area contributed by atoms with Gasteiger partial charge in [-0.1, -0.05) is 35.5 Å². The van der Waals surface area contributed by atoms with E-state index < -0.39 is 11.6 Å². The van der Waals surface area contributed by atoms with E-state index >= 15 is 0 Å². The number of aliphatic hydroxyl groups excluding tert-OH is 1. The van der Waals surface area contributed by atoms with Gasteiger partial charge in [-0.3, -0.25) is 4.79 Å². The lowest BCUT2D eigenvalue weighted by molar-refractivity contribution is -0.128. The molecule has 0 fully saturated rings.